The van der Waals surface area contributed by atoms with Crippen LogP contribution in [0.3, 0.4) is 0 Å². The van der Waals surface area contributed by atoms with Crippen LogP contribution >= 0.6 is 11.6 Å². The lowest BCUT2D eigenvalue weighted by Gasteiger charge is -2.35. The Bertz CT molecular complexity index is 1580. The Hall–Kier alpha value is -3.92. The van der Waals surface area contributed by atoms with Crippen LogP contribution in [0.5, 0.6) is 28.7 Å². The van der Waals surface area contributed by atoms with Gasteiger partial charge in [0, 0.05) is 55.9 Å². The molecule has 1 aliphatic heterocycles. The highest BCUT2D eigenvalue weighted by Gasteiger charge is 2.27. The summed E-state index contributed by atoms with van der Waals surface area (Å²) in [6.45, 7) is 4.21. The fourth-order valence-corrected chi connectivity index (χ4v) is 5.18. The average Bonchev–Trinajstić information content (AvgIpc) is 2.96. The van der Waals surface area contributed by atoms with Gasteiger partial charge in [-0.15, -0.1) is 0 Å². The summed E-state index contributed by atoms with van der Waals surface area (Å²) in [5.41, 5.74) is 1.78. The Balaban J connectivity index is 1.47. The summed E-state index contributed by atoms with van der Waals surface area (Å²) in [7, 11) is 4.39. The SMILES string of the molecule is COc1ccc(-c2cc(=O)c3c(O)c(OC)c(O)c(CN4CCN(Cc5ccc(Cl)cc5)CC4)c3o2)cc1OC. The molecule has 0 spiro atoms. The average molecular weight is 567 g/mol. The third-order valence-electron chi connectivity index (χ3n) is 7.21. The zero-order chi connectivity index (χ0) is 28.4. The van der Waals surface area contributed by atoms with Crippen molar-refractivity contribution < 1.29 is 28.8 Å². The number of phenolic OH excluding ortho intramolecular Hbond substituents is 2. The van der Waals surface area contributed by atoms with E-state index in [1.807, 2.05) is 24.3 Å². The highest BCUT2D eigenvalue weighted by molar-refractivity contribution is 6.30. The molecule has 5 rings (SSSR count). The fraction of sp³-hybridized carbons (Fsp3) is 0.300. The molecule has 9 nitrogen and oxygen atoms in total. The van der Waals surface area contributed by atoms with E-state index in [9.17, 15) is 15.0 Å². The number of nitrogens with zero attached hydrogens (tertiary/aromatic N) is 2. The van der Waals surface area contributed by atoms with Crippen molar-refractivity contribution in [2.75, 3.05) is 47.5 Å². The molecule has 2 N–H and O–H groups in total. The summed E-state index contributed by atoms with van der Waals surface area (Å²) in [4.78, 5) is 17.8. The predicted octanol–water partition coefficient (Wildman–Crippen LogP) is 4.87. The Kier molecular flexibility index (Phi) is 8.07. The first-order chi connectivity index (χ1) is 19.3. The van der Waals surface area contributed by atoms with Gasteiger partial charge >= 0.3 is 0 Å². The molecule has 0 bridgehead atoms. The number of piperazine rings is 1. The first-order valence-corrected chi connectivity index (χ1v) is 13.2. The van der Waals surface area contributed by atoms with Crippen molar-refractivity contribution in [3.05, 3.63) is 74.9 Å². The molecule has 0 amide bonds. The van der Waals surface area contributed by atoms with Crippen LogP contribution in [0, 0.1) is 0 Å². The third kappa shape index (κ3) is 5.40. The molecule has 1 aromatic heterocycles. The maximum atomic E-state index is 13.3. The molecule has 0 saturated carbocycles. The third-order valence-corrected chi connectivity index (χ3v) is 7.46. The van der Waals surface area contributed by atoms with Crippen molar-refractivity contribution >= 4 is 22.6 Å². The summed E-state index contributed by atoms with van der Waals surface area (Å²) >= 11 is 6.01. The molecule has 210 valence electrons. The standard InChI is InChI=1S/C30H31ClN2O7/c1-37-23-9-6-19(14-25(23)38-2)24-15-22(34)26-28(36)30(39-3)27(35)21(29(26)40-24)17-33-12-10-32(11-13-33)16-18-4-7-20(31)8-5-18/h4-9,14-15,35-36H,10-13,16-17H2,1-3H3. The second-order valence-corrected chi connectivity index (χ2v) is 10.1. The van der Waals surface area contributed by atoms with E-state index in [1.165, 1.54) is 33.0 Å². The van der Waals surface area contributed by atoms with E-state index in [0.29, 0.717) is 34.2 Å². The molecule has 0 atom stereocenters. The minimum atomic E-state index is -0.462. The molecule has 0 aliphatic carbocycles. The summed E-state index contributed by atoms with van der Waals surface area (Å²) in [5.74, 6) is 0.388. The first kappa shape index (κ1) is 27.6. The molecule has 1 aliphatic rings. The van der Waals surface area contributed by atoms with Crippen LogP contribution in [-0.2, 0) is 13.1 Å². The highest BCUT2D eigenvalue weighted by atomic mass is 35.5. The van der Waals surface area contributed by atoms with Crippen LogP contribution < -0.4 is 19.6 Å². The molecule has 0 radical (unpaired) electrons. The van der Waals surface area contributed by atoms with Crippen molar-refractivity contribution in [2.45, 2.75) is 13.1 Å². The Morgan fingerprint density at radius 3 is 2.10 bits per heavy atom. The number of fused-ring (bicyclic) bond motifs is 1. The zero-order valence-corrected chi connectivity index (χ0v) is 23.3. The van der Waals surface area contributed by atoms with Gasteiger partial charge in [-0.05, 0) is 35.9 Å². The summed E-state index contributed by atoms with van der Waals surface area (Å²) < 4.78 is 22.2. The first-order valence-electron chi connectivity index (χ1n) is 12.8. The molecule has 2 heterocycles. The Labute approximate surface area is 236 Å². The summed E-state index contributed by atoms with van der Waals surface area (Å²) in [6.07, 6.45) is 0. The number of hydrogen-bond donors (Lipinski definition) is 2. The number of ether oxygens (including phenoxy) is 3. The molecular weight excluding hydrogens is 536 g/mol. The highest BCUT2D eigenvalue weighted by Crippen LogP contribution is 2.46. The van der Waals surface area contributed by atoms with Crippen LogP contribution in [-0.4, -0.2) is 67.5 Å². The van der Waals surface area contributed by atoms with Crippen LogP contribution in [0.2, 0.25) is 5.02 Å². The van der Waals surface area contributed by atoms with E-state index < -0.39 is 11.2 Å². The van der Waals surface area contributed by atoms with Gasteiger partial charge in [-0.2, -0.15) is 0 Å². The Morgan fingerprint density at radius 2 is 1.48 bits per heavy atom. The van der Waals surface area contributed by atoms with Crippen LogP contribution in [0.1, 0.15) is 11.1 Å². The van der Waals surface area contributed by atoms with Crippen LogP contribution in [0.4, 0.5) is 0 Å². The minimum absolute atomic E-state index is 0.0461. The summed E-state index contributed by atoms with van der Waals surface area (Å²) in [5, 5.41) is 22.6. The number of hydrogen-bond acceptors (Lipinski definition) is 9. The number of rotatable bonds is 8. The second-order valence-electron chi connectivity index (χ2n) is 9.64. The predicted molar refractivity (Wildman–Crippen MR) is 153 cm³/mol. The van der Waals surface area contributed by atoms with E-state index in [0.717, 1.165) is 32.7 Å². The lowest BCUT2D eigenvalue weighted by molar-refractivity contribution is 0.121. The second kappa shape index (κ2) is 11.7. The lowest BCUT2D eigenvalue weighted by Crippen LogP contribution is -2.45. The van der Waals surface area contributed by atoms with Crippen molar-refractivity contribution in [3.8, 4) is 40.1 Å². The minimum Gasteiger partial charge on any atom is -0.504 e. The van der Waals surface area contributed by atoms with Gasteiger partial charge in [0.15, 0.2) is 34.0 Å². The molecule has 0 unspecified atom stereocenters. The van der Waals surface area contributed by atoms with Gasteiger partial charge in [0.05, 0.1) is 26.9 Å². The summed E-state index contributed by atoms with van der Waals surface area (Å²) in [6, 6.07) is 14.3. The quantitative estimate of drug-likeness (QED) is 0.309. The van der Waals surface area contributed by atoms with Gasteiger partial charge in [0.2, 0.25) is 5.75 Å². The van der Waals surface area contributed by atoms with E-state index >= 15 is 0 Å². The molecule has 3 aromatic carbocycles. The zero-order valence-electron chi connectivity index (χ0n) is 22.6. The van der Waals surface area contributed by atoms with Crippen molar-refractivity contribution in [3.63, 3.8) is 0 Å². The topological polar surface area (TPSA) is 105 Å². The molecule has 40 heavy (non-hydrogen) atoms. The molecule has 10 heteroatoms. The fourth-order valence-electron chi connectivity index (χ4n) is 5.05. The van der Waals surface area contributed by atoms with E-state index in [2.05, 4.69) is 9.80 Å². The number of aromatic hydroxyl groups is 2. The largest absolute Gasteiger partial charge is 0.504 e. The number of benzene rings is 3. The monoisotopic (exact) mass is 566 g/mol. The lowest BCUT2D eigenvalue weighted by atomic mass is 10.0. The van der Waals surface area contributed by atoms with Crippen molar-refractivity contribution in [1.82, 2.24) is 9.80 Å². The normalized spacial score (nSPS) is 14.4. The van der Waals surface area contributed by atoms with Crippen LogP contribution in [0.25, 0.3) is 22.3 Å². The van der Waals surface area contributed by atoms with Crippen LogP contribution in [0.15, 0.2) is 57.7 Å². The van der Waals surface area contributed by atoms with Gasteiger partial charge in [-0.3, -0.25) is 14.6 Å². The number of phenols is 2. The smallest absolute Gasteiger partial charge is 0.204 e. The van der Waals surface area contributed by atoms with Gasteiger partial charge in [0.25, 0.3) is 0 Å². The van der Waals surface area contributed by atoms with Gasteiger partial charge < -0.3 is 28.8 Å². The number of halogens is 1. The van der Waals surface area contributed by atoms with Gasteiger partial charge in [-0.1, -0.05) is 23.7 Å². The maximum Gasteiger partial charge on any atom is 0.204 e. The number of methoxy groups -OCH3 is 3. The molecule has 1 fully saturated rings. The van der Waals surface area contributed by atoms with Gasteiger partial charge in [-0.25, -0.2) is 0 Å². The van der Waals surface area contributed by atoms with E-state index in [1.54, 1.807) is 18.2 Å². The molecule has 1 saturated heterocycles. The molecular formula is C30H31ClN2O7. The maximum absolute atomic E-state index is 13.3. The Morgan fingerprint density at radius 1 is 0.825 bits per heavy atom. The van der Waals surface area contributed by atoms with Crippen molar-refractivity contribution in [2.24, 2.45) is 0 Å². The van der Waals surface area contributed by atoms with Crippen molar-refractivity contribution in [1.29, 1.82) is 0 Å². The van der Waals surface area contributed by atoms with E-state index in [-0.39, 0.29) is 28.2 Å². The molecule has 4 aromatic rings. The van der Waals surface area contributed by atoms with E-state index in [4.69, 9.17) is 30.2 Å². The van der Waals surface area contributed by atoms with Gasteiger partial charge in [0.1, 0.15) is 11.1 Å².